The largest absolute Gasteiger partial charge is 0.339 e. The van der Waals surface area contributed by atoms with Crippen molar-refractivity contribution >= 4 is 11.6 Å². The van der Waals surface area contributed by atoms with Crippen LogP contribution in [0.25, 0.3) is 0 Å². The number of hydrogen-bond acceptors (Lipinski definition) is 4. The van der Waals surface area contributed by atoms with Crippen molar-refractivity contribution in [3.05, 3.63) is 41.5 Å². The minimum absolute atomic E-state index is 0.171. The maximum atomic E-state index is 13.3. The summed E-state index contributed by atoms with van der Waals surface area (Å²) in [6.45, 7) is 6.14. The minimum Gasteiger partial charge on any atom is -0.339 e. The van der Waals surface area contributed by atoms with E-state index in [4.69, 9.17) is 4.52 Å². The molecule has 0 N–H and O–H groups in total. The third kappa shape index (κ3) is 3.09. The lowest BCUT2D eigenvalue weighted by atomic mass is 9.96. The van der Waals surface area contributed by atoms with Crippen LogP contribution >= 0.6 is 0 Å². The molecule has 0 spiro atoms. The van der Waals surface area contributed by atoms with E-state index in [0.29, 0.717) is 11.7 Å². The van der Waals surface area contributed by atoms with Crippen molar-refractivity contribution in [2.75, 3.05) is 11.4 Å². The van der Waals surface area contributed by atoms with Crippen LogP contribution < -0.4 is 4.90 Å². The number of carbonyl (C=O) groups is 1. The first-order valence-corrected chi connectivity index (χ1v) is 7.34. The standard InChI is InChI=1S/C16H17F2N3O2/c1-16(2,3)15-19-14(23-20-15)9-4-13(22)21(8-9)12-6-10(17)5-11(18)7-12/h5-7,9H,4,8H2,1-3H3. The molecule has 0 radical (unpaired) electrons. The summed E-state index contributed by atoms with van der Waals surface area (Å²) < 4.78 is 32.0. The Labute approximate surface area is 132 Å². The van der Waals surface area contributed by atoms with Gasteiger partial charge in [-0.1, -0.05) is 25.9 Å². The van der Waals surface area contributed by atoms with E-state index in [0.717, 1.165) is 18.2 Å². The van der Waals surface area contributed by atoms with Crippen LogP contribution in [0.5, 0.6) is 0 Å². The van der Waals surface area contributed by atoms with E-state index in [1.54, 1.807) is 0 Å². The van der Waals surface area contributed by atoms with E-state index < -0.39 is 11.6 Å². The minimum atomic E-state index is -0.718. The second-order valence-electron chi connectivity index (χ2n) is 6.74. The lowest BCUT2D eigenvalue weighted by Crippen LogP contribution is -2.24. The molecule has 1 aliphatic heterocycles. The lowest BCUT2D eigenvalue weighted by molar-refractivity contribution is -0.117. The van der Waals surface area contributed by atoms with Gasteiger partial charge in [-0.05, 0) is 12.1 Å². The highest BCUT2D eigenvalue weighted by Crippen LogP contribution is 2.32. The first-order chi connectivity index (χ1) is 10.7. The lowest BCUT2D eigenvalue weighted by Gasteiger charge is -2.16. The van der Waals surface area contributed by atoms with Crippen LogP contribution in [-0.4, -0.2) is 22.6 Å². The number of nitrogens with zero attached hydrogens (tertiary/aromatic N) is 3. The van der Waals surface area contributed by atoms with E-state index in [9.17, 15) is 13.6 Å². The molecule has 1 amide bonds. The Morgan fingerprint density at radius 3 is 2.43 bits per heavy atom. The SMILES string of the molecule is CC(C)(C)c1noc(C2CC(=O)N(c3cc(F)cc(F)c3)C2)n1. The number of aromatic nitrogens is 2. The fourth-order valence-corrected chi connectivity index (χ4v) is 2.52. The number of anilines is 1. The van der Waals surface area contributed by atoms with E-state index >= 15 is 0 Å². The highest BCUT2D eigenvalue weighted by atomic mass is 19.1. The Balaban J connectivity index is 1.83. The number of benzene rings is 1. The highest BCUT2D eigenvalue weighted by Gasteiger charge is 2.36. The molecule has 1 aromatic carbocycles. The Bertz CT molecular complexity index is 732. The molecule has 1 unspecified atom stereocenters. The fourth-order valence-electron chi connectivity index (χ4n) is 2.52. The van der Waals surface area contributed by atoms with Gasteiger partial charge in [-0.15, -0.1) is 0 Å². The zero-order chi connectivity index (χ0) is 16.8. The van der Waals surface area contributed by atoms with E-state index in [2.05, 4.69) is 10.1 Å². The van der Waals surface area contributed by atoms with Gasteiger partial charge in [0.25, 0.3) is 0 Å². The van der Waals surface area contributed by atoms with Crippen molar-refractivity contribution in [1.29, 1.82) is 0 Å². The molecule has 23 heavy (non-hydrogen) atoms. The summed E-state index contributed by atoms with van der Waals surface area (Å²) in [6, 6.07) is 3.05. The van der Waals surface area contributed by atoms with Crippen LogP contribution in [0.1, 0.15) is 44.8 Å². The summed E-state index contributed by atoms with van der Waals surface area (Å²) in [4.78, 5) is 17.9. The zero-order valence-corrected chi connectivity index (χ0v) is 13.1. The van der Waals surface area contributed by atoms with E-state index in [-0.39, 0.29) is 35.9 Å². The first-order valence-electron chi connectivity index (χ1n) is 7.34. The summed E-state index contributed by atoms with van der Waals surface area (Å²) in [6.07, 6.45) is 0.171. The number of halogens is 2. The second-order valence-corrected chi connectivity index (χ2v) is 6.74. The van der Waals surface area contributed by atoms with Gasteiger partial charge < -0.3 is 9.42 Å². The van der Waals surface area contributed by atoms with Crippen LogP contribution in [-0.2, 0) is 10.2 Å². The number of carbonyl (C=O) groups excluding carboxylic acids is 1. The predicted octanol–water partition coefficient (Wildman–Crippen LogP) is 3.17. The van der Waals surface area contributed by atoms with Crippen LogP contribution in [0.15, 0.2) is 22.7 Å². The number of hydrogen-bond donors (Lipinski definition) is 0. The third-order valence-corrected chi connectivity index (χ3v) is 3.75. The summed E-state index contributed by atoms with van der Waals surface area (Å²) in [5.74, 6) is -1.00. The van der Waals surface area contributed by atoms with Crippen molar-refractivity contribution in [1.82, 2.24) is 10.1 Å². The molecular weight excluding hydrogens is 304 g/mol. The van der Waals surface area contributed by atoms with E-state index in [1.807, 2.05) is 20.8 Å². The molecule has 0 aliphatic carbocycles. The maximum absolute atomic E-state index is 13.3. The number of rotatable bonds is 2. The van der Waals surface area contributed by atoms with Gasteiger partial charge in [0.15, 0.2) is 5.82 Å². The Kier molecular flexibility index (Phi) is 3.66. The average Bonchev–Trinajstić information content (AvgIpc) is 3.03. The first kappa shape index (κ1) is 15.6. The topological polar surface area (TPSA) is 59.2 Å². The van der Waals surface area contributed by atoms with Crippen molar-refractivity contribution in [2.24, 2.45) is 0 Å². The Hall–Kier alpha value is -2.31. The molecule has 0 bridgehead atoms. The van der Waals surface area contributed by atoms with Gasteiger partial charge in [0.05, 0.1) is 5.92 Å². The third-order valence-electron chi connectivity index (χ3n) is 3.75. The molecule has 7 heteroatoms. The molecule has 2 aromatic rings. The molecule has 1 aromatic heterocycles. The molecule has 1 aliphatic rings. The average molecular weight is 321 g/mol. The molecule has 5 nitrogen and oxygen atoms in total. The normalized spacial score (nSPS) is 18.7. The summed E-state index contributed by atoms with van der Waals surface area (Å²) >= 11 is 0. The summed E-state index contributed by atoms with van der Waals surface area (Å²) in [5, 5.41) is 3.95. The van der Waals surface area contributed by atoms with Crippen molar-refractivity contribution in [3.8, 4) is 0 Å². The zero-order valence-electron chi connectivity index (χ0n) is 13.1. The molecule has 1 atom stereocenters. The van der Waals surface area contributed by atoms with Crippen LogP contribution in [0.4, 0.5) is 14.5 Å². The maximum Gasteiger partial charge on any atom is 0.232 e. The van der Waals surface area contributed by atoms with Crippen LogP contribution in [0, 0.1) is 11.6 Å². The van der Waals surface area contributed by atoms with Gasteiger partial charge in [-0.3, -0.25) is 4.79 Å². The molecule has 1 fully saturated rings. The predicted molar refractivity (Wildman–Crippen MR) is 79.1 cm³/mol. The quantitative estimate of drug-likeness (QED) is 0.852. The molecule has 122 valence electrons. The van der Waals surface area contributed by atoms with Crippen LogP contribution in [0.2, 0.25) is 0 Å². The van der Waals surface area contributed by atoms with Gasteiger partial charge in [0.2, 0.25) is 11.8 Å². The Morgan fingerprint density at radius 1 is 1.22 bits per heavy atom. The summed E-state index contributed by atoms with van der Waals surface area (Å²) in [5.41, 5.74) is -0.0546. The number of amides is 1. The van der Waals surface area contributed by atoms with Crippen molar-refractivity contribution in [3.63, 3.8) is 0 Å². The van der Waals surface area contributed by atoms with Crippen molar-refractivity contribution in [2.45, 2.75) is 38.5 Å². The van der Waals surface area contributed by atoms with Gasteiger partial charge in [0, 0.05) is 30.1 Å². The summed E-state index contributed by atoms with van der Waals surface area (Å²) in [7, 11) is 0. The fraction of sp³-hybridized carbons (Fsp3) is 0.438. The monoisotopic (exact) mass is 321 g/mol. The van der Waals surface area contributed by atoms with Gasteiger partial charge in [-0.25, -0.2) is 8.78 Å². The molecule has 0 saturated carbocycles. The highest BCUT2D eigenvalue weighted by molar-refractivity contribution is 5.96. The molecule has 1 saturated heterocycles. The van der Waals surface area contributed by atoms with Crippen molar-refractivity contribution < 1.29 is 18.1 Å². The molecular formula is C16H17F2N3O2. The van der Waals surface area contributed by atoms with Gasteiger partial charge in [-0.2, -0.15) is 4.98 Å². The second kappa shape index (κ2) is 5.40. The molecule has 2 heterocycles. The van der Waals surface area contributed by atoms with Gasteiger partial charge >= 0.3 is 0 Å². The smallest absolute Gasteiger partial charge is 0.232 e. The molecule has 3 rings (SSSR count). The Morgan fingerprint density at radius 2 is 1.87 bits per heavy atom. The van der Waals surface area contributed by atoms with Gasteiger partial charge in [0.1, 0.15) is 11.6 Å². The van der Waals surface area contributed by atoms with Crippen LogP contribution in [0.3, 0.4) is 0 Å². The van der Waals surface area contributed by atoms with E-state index in [1.165, 1.54) is 4.90 Å².